The van der Waals surface area contributed by atoms with Crippen molar-refractivity contribution in [1.82, 2.24) is 19.8 Å². The van der Waals surface area contributed by atoms with E-state index in [1.807, 2.05) is 12.1 Å². The Morgan fingerprint density at radius 1 is 1.00 bits per heavy atom. The van der Waals surface area contributed by atoms with Gasteiger partial charge < -0.3 is 10.2 Å². The van der Waals surface area contributed by atoms with Crippen LogP contribution in [-0.2, 0) is 13.1 Å². The molecule has 3 aromatic rings. The highest BCUT2D eigenvalue weighted by Gasteiger charge is 2.10. The summed E-state index contributed by atoms with van der Waals surface area (Å²) in [6.45, 7) is 3.62. The van der Waals surface area contributed by atoms with Gasteiger partial charge in [0.1, 0.15) is 11.6 Å². The summed E-state index contributed by atoms with van der Waals surface area (Å²) in [6.07, 6.45) is 1.08. The highest BCUT2D eigenvalue weighted by Crippen LogP contribution is 2.21. The molecule has 0 aliphatic heterocycles. The van der Waals surface area contributed by atoms with Crippen molar-refractivity contribution >= 4 is 28.1 Å². The van der Waals surface area contributed by atoms with E-state index in [1.54, 1.807) is 11.3 Å². The Morgan fingerprint density at radius 2 is 1.85 bits per heavy atom. The summed E-state index contributed by atoms with van der Waals surface area (Å²) >= 11 is 1.78. The lowest BCUT2D eigenvalue weighted by Crippen LogP contribution is -2.19. The van der Waals surface area contributed by atoms with Crippen LogP contribution in [0, 0.1) is 0 Å². The number of fused-ring (bicyclic) bond motifs is 1. The molecule has 0 fully saturated rings. The molecule has 1 N–H and O–H groups in total. The highest BCUT2D eigenvalue weighted by molar-refractivity contribution is 7.09. The van der Waals surface area contributed by atoms with Crippen molar-refractivity contribution < 1.29 is 0 Å². The first-order chi connectivity index (χ1) is 12.6. The standard InChI is InChI=1S/C20H27N5S/c1-24(2)12-7-11-21-20-17-9-4-5-10-18(17)22-19(23-20)15-25(3)14-16-8-6-13-26-16/h4-6,8-10,13H,7,11-12,14-15H2,1-3H3,(H,21,22,23). The molecule has 138 valence electrons. The molecule has 5 nitrogen and oxygen atoms in total. The van der Waals surface area contributed by atoms with Gasteiger partial charge >= 0.3 is 0 Å². The topological polar surface area (TPSA) is 44.3 Å². The molecule has 0 saturated carbocycles. The largest absolute Gasteiger partial charge is 0.369 e. The van der Waals surface area contributed by atoms with E-state index in [1.165, 1.54) is 4.88 Å². The second-order valence-corrected chi connectivity index (χ2v) is 7.87. The number of anilines is 1. The molecular formula is C20H27N5S. The van der Waals surface area contributed by atoms with Crippen molar-refractivity contribution in [2.45, 2.75) is 19.5 Å². The van der Waals surface area contributed by atoms with Crippen LogP contribution in [0.5, 0.6) is 0 Å². The monoisotopic (exact) mass is 369 g/mol. The first kappa shape index (κ1) is 18.8. The van der Waals surface area contributed by atoms with Crippen LogP contribution in [0.3, 0.4) is 0 Å². The number of rotatable bonds is 9. The summed E-state index contributed by atoms with van der Waals surface area (Å²) in [5.41, 5.74) is 0.997. The molecule has 0 aliphatic rings. The Balaban J connectivity index is 1.73. The van der Waals surface area contributed by atoms with Gasteiger partial charge in [-0.2, -0.15) is 0 Å². The van der Waals surface area contributed by atoms with Gasteiger partial charge in [-0.15, -0.1) is 11.3 Å². The molecule has 2 aromatic heterocycles. The van der Waals surface area contributed by atoms with Crippen molar-refractivity contribution in [3.05, 3.63) is 52.5 Å². The van der Waals surface area contributed by atoms with Crippen LogP contribution in [0.1, 0.15) is 17.1 Å². The number of nitrogens with zero attached hydrogens (tertiary/aromatic N) is 4. The van der Waals surface area contributed by atoms with E-state index in [-0.39, 0.29) is 0 Å². The van der Waals surface area contributed by atoms with Crippen molar-refractivity contribution in [3.63, 3.8) is 0 Å². The van der Waals surface area contributed by atoms with Gasteiger partial charge in [0.25, 0.3) is 0 Å². The number of aromatic nitrogens is 2. The van der Waals surface area contributed by atoms with Crippen molar-refractivity contribution in [3.8, 4) is 0 Å². The molecule has 0 amide bonds. The molecule has 1 aromatic carbocycles. The van der Waals surface area contributed by atoms with E-state index in [4.69, 9.17) is 9.97 Å². The zero-order chi connectivity index (χ0) is 18.4. The maximum absolute atomic E-state index is 4.81. The van der Waals surface area contributed by atoms with Crippen LogP contribution >= 0.6 is 11.3 Å². The number of benzene rings is 1. The number of thiophene rings is 1. The Labute approximate surface area is 159 Å². The van der Waals surface area contributed by atoms with Crippen LogP contribution < -0.4 is 5.32 Å². The molecule has 0 radical (unpaired) electrons. The van der Waals surface area contributed by atoms with Gasteiger partial charge in [-0.3, -0.25) is 4.90 Å². The second kappa shape index (κ2) is 9.07. The van der Waals surface area contributed by atoms with Gasteiger partial charge in [-0.05, 0) is 57.7 Å². The van der Waals surface area contributed by atoms with Crippen LogP contribution in [0.4, 0.5) is 5.82 Å². The van der Waals surface area contributed by atoms with Crippen LogP contribution in [0.15, 0.2) is 41.8 Å². The average molecular weight is 370 g/mol. The van der Waals surface area contributed by atoms with E-state index in [2.05, 4.69) is 65.9 Å². The minimum atomic E-state index is 0.731. The molecule has 0 unspecified atom stereocenters. The van der Waals surface area contributed by atoms with E-state index in [9.17, 15) is 0 Å². The number of nitrogens with one attached hydrogen (secondary N) is 1. The highest BCUT2D eigenvalue weighted by atomic mass is 32.1. The second-order valence-electron chi connectivity index (χ2n) is 6.84. The Bertz CT molecular complexity index is 816. The Kier molecular flexibility index (Phi) is 6.55. The van der Waals surface area contributed by atoms with Crippen LogP contribution in [-0.4, -0.2) is 54.0 Å². The van der Waals surface area contributed by atoms with Crippen molar-refractivity contribution in [2.75, 3.05) is 39.5 Å². The molecule has 0 atom stereocenters. The molecule has 0 spiro atoms. The molecule has 2 heterocycles. The van der Waals surface area contributed by atoms with E-state index in [0.29, 0.717) is 0 Å². The third kappa shape index (κ3) is 5.24. The van der Waals surface area contributed by atoms with E-state index >= 15 is 0 Å². The smallest absolute Gasteiger partial charge is 0.145 e. The molecular weight excluding hydrogens is 342 g/mol. The van der Waals surface area contributed by atoms with Gasteiger partial charge in [0, 0.05) is 23.4 Å². The van der Waals surface area contributed by atoms with Gasteiger partial charge in [-0.25, -0.2) is 9.97 Å². The van der Waals surface area contributed by atoms with Crippen LogP contribution in [0.25, 0.3) is 10.9 Å². The first-order valence-electron chi connectivity index (χ1n) is 8.97. The van der Waals surface area contributed by atoms with Crippen molar-refractivity contribution in [2.24, 2.45) is 0 Å². The number of hydrogen-bond donors (Lipinski definition) is 1. The van der Waals surface area contributed by atoms with Gasteiger partial charge in [0.2, 0.25) is 0 Å². The molecule has 0 bridgehead atoms. The summed E-state index contributed by atoms with van der Waals surface area (Å²) in [4.78, 5) is 15.4. The predicted molar refractivity (Wildman–Crippen MR) is 111 cm³/mol. The maximum Gasteiger partial charge on any atom is 0.145 e. The Hall–Kier alpha value is -2.02. The lowest BCUT2D eigenvalue weighted by Gasteiger charge is -2.17. The quantitative estimate of drug-likeness (QED) is 0.583. The fraction of sp³-hybridized carbons (Fsp3) is 0.400. The lowest BCUT2D eigenvalue weighted by atomic mass is 10.2. The minimum Gasteiger partial charge on any atom is -0.369 e. The zero-order valence-corrected chi connectivity index (χ0v) is 16.6. The number of hydrogen-bond acceptors (Lipinski definition) is 6. The van der Waals surface area contributed by atoms with Gasteiger partial charge in [0.05, 0.1) is 12.1 Å². The van der Waals surface area contributed by atoms with Gasteiger partial charge in [-0.1, -0.05) is 18.2 Å². The van der Waals surface area contributed by atoms with Crippen LogP contribution in [0.2, 0.25) is 0 Å². The Morgan fingerprint density at radius 3 is 2.62 bits per heavy atom. The van der Waals surface area contributed by atoms with Gasteiger partial charge in [0.15, 0.2) is 0 Å². The third-order valence-corrected chi connectivity index (χ3v) is 5.00. The summed E-state index contributed by atoms with van der Waals surface area (Å²) in [6, 6.07) is 12.5. The van der Waals surface area contributed by atoms with Crippen molar-refractivity contribution in [1.29, 1.82) is 0 Å². The fourth-order valence-electron chi connectivity index (χ4n) is 2.90. The first-order valence-corrected chi connectivity index (χ1v) is 9.85. The summed E-state index contributed by atoms with van der Waals surface area (Å²) < 4.78 is 0. The molecule has 6 heteroatoms. The predicted octanol–water partition coefficient (Wildman–Crippen LogP) is 3.69. The SMILES string of the molecule is CN(C)CCCNc1nc(CN(C)Cc2cccs2)nc2ccccc12. The third-order valence-electron chi connectivity index (χ3n) is 4.14. The lowest BCUT2D eigenvalue weighted by molar-refractivity contribution is 0.314. The average Bonchev–Trinajstić information content (AvgIpc) is 3.11. The number of para-hydroxylation sites is 1. The molecule has 0 aliphatic carbocycles. The minimum absolute atomic E-state index is 0.731. The molecule has 0 saturated heterocycles. The summed E-state index contributed by atoms with van der Waals surface area (Å²) in [5.74, 6) is 1.80. The van der Waals surface area contributed by atoms with E-state index < -0.39 is 0 Å². The molecule has 26 heavy (non-hydrogen) atoms. The fourth-order valence-corrected chi connectivity index (χ4v) is 3.68. The maximum atomic E-state index is 4.81. The summed E-state index contributed by atoms with van der Waals surface area (Å²) in [7, 11) is 6.31. The summed E-state index contributed by atoms with van der Waals surface area (Å²) in [5, 5.41) is 6.71. The van der Waals surface area contributed by atoms with E-state index in [0.717, 1.165) is 55.1 Å². The zero-order valence-electron chi connectivity index (χ0n) is 15.8. The normalized spacial score (nSPS) is 11.6. The molecule has 3 rings (SSSR count).